The zero-order chi connectivity index (χ0) is 19.9. The zero-order valence-corrected chi connectivity index (χ0v) is 15.2. The van der Waals surface area contributed by atoms with E-state index in [4.69, 9.17) is 23.2 Å². The summed E-state index contributed by atoms with van der Waals surface area (Å²) in [6.45, 7) is 0. The van der Waals surface area contributed by atoms with Crippen LogP contribution in [0.3, 0.4) is 0 Å². The van der Waals surface area contributed by atoms with Gasteiger partial charge in [-0.2, -0.15) is 13.0 Å². The van der Waals surface area contributed by atoms with Crippen LogP contribution in [0.2, 0.25) is 10.0 Å². The van der Waals surface area contributed by atoms with Crippen molar-refractivity contribution in [1.82, 2.24) is 8.71 Å². The second-order valence-electron chi connectivity index (χ2n) is 5.03. The van der Waals surface area contributed by atoms with Crippen LogP contribution in [0.15, 0.2) is 61.5 Å². The maximum Gasteiger partial charge on any atom is 0.448 e. The van der Waals surface area contributed by atoms with E-state index >= 15 is 0 Å². The van der Waals surface area contributed by atoms with Crippen molar-refractivity contribution in [2.45, 2.75) is 4.90 Å². The average Bonchev–Trinajstić information content (AvgIpc) is 2.92. The van der Waals surface area contributed by atoms with Crippen LogP contribution in [0.1, 0.15) is 0 Å². The van der Waals surface area contributed by atoms with E-state index in [1.54, 1.807) is 0 Å². The van der Waals surface area contributed by atoms with Crippen LogP contribution in [-0.2, 0) is 10.0 Å². The number of nitrogens with zero attached hydrogens (tertiary/aromatic N) is 3. The van der Waals surface area contributed by atoms with Crippen LogP contribution < -0.4 is 11.4 Å². The second-order valence-corrected chi connectivity index (χ2v) is 7.57. The average molecular weight is 432 g/mol. The molecule has 0 saturated heterocycles. The van der Waals surface area contributed by atoms with E-state index in [1.165, 1.54) is 24.3 Å². The highest BCUT2D eigenvalue weighted by molar-refractivity contribution is 7.89. The van der Waals surface area contributed by atoms with Gasteiger partial charge >= 0.3 is 21.5 Å². The Kier molecular flexibility index (Phi) is 4.68. The fourth-order valence-electron chi connectivity index (χ4n) is 2.22. The first-order valence-electron chi connectivity index (χ1n) is 6.94. The predicted molar refractivity (Wildman–Crippen MR) is 94.3 cm³/mol. The van der Waals surface area contributed by atoms with Crippen LogP contribution in [0.25, 0.3) is 5.69 Å². The molecule has 0 radical (unpaired) electrons. The van der Waals surface area contributed by atoms with Crippen molar-refractivity contribution in [3.8, 4) is 5.69 Å². The molecule has 1 heterocycles. The first-order chi connectivity index (χ1) is 12.6. The molecule has 2 aromatic carbocycles. The van der Waals surface area contributed by atoms with Gasteiger partial charge < -0.3 is 4.52 Å². The van der Waals surface area contributed by atoms with Crippen molar-refractivity contribution in [2.75, 3.05) is 0 Å². The smallest absolute Gasteiger partial charge is 0.300 e. The lowest BCUT2D eigenvalue weighted by atomic mass is 10.3. The molecule has 3 rings (SSSR count). The predicted octanol–water partition coefficient (Wildman–Crippen LogP) is 2.04. The zero-order valence-electron chi connectivity index (χ0n) is 12.9. The molecule has 0 aliphatic heterocycles. The molecule has 0 amide bonds. The first kappa shape index (κ1) is 18.9. The van der Waals surface area contributed by atoms with E-state index in [0.29, 0.717) is 4.57 Å². The Labute approximate surface area is 159 Å². The molecule has 0 aliphatic carbocycles. The minimum Gasteiger partial charge on any atom is -0.300 e. The molecular weight excluding hydrogens is 425 g/mol. The maximum atomic E-state index is 12.7. The normalized spacial score (nSPS) is 11.5. The standard InChI is InChI=1S/C14H7Cl2N3O7S/c15-9-6-5-8(7-10(9)16)17-13(20)19(26-14(17)21)27(24,25)12-4-2-1-3-11(12)18(22)23/h1-7H. The number of para-hydroxylation sites is 1. The van der Waals surface area contributed by atoms with Crippen molar-refractivity contribution >= 4 is 38.9 Å². The molecule has 0 atom stereocenters. The summed E-state index contributed by atoms with van der Waals surface area (Å²) in [4.78, 5) is 33.9. The Morgan fingerprint density at radius 2 is 1.70 bits per heavy atom. The highest BCUT2D eigenvalue weighted by atomic mass is 35.5. The van der Waals surface area contributed by atoms with Gasteiger partial charge in [-0.05, 0) is 28.4 Å². The summed E-state index contributed by atoms with van der Waals surface area (Å²) in [5.41, 5.74) is -2.27. The summed E-state index contributed by atoms with van der Waals surface area (Å²) >= 11 is 11.6. The Bertz CT molecular complexity index is 1290. The van der Waals surface area contributed by atoms with Gasteiger partial charge in [0.25, 0.3) is 5.69 Å². The van der Waals surface area contributed by atoms with Crippen molar-refractivity contribution in [3.63, 3.8) is 0 Å². The molecule has 0 aliphatic rings. The van der Waals surface area contributed by atoms with Crippen LogP contribution in [-0.4, -0.2) is 22.1 Å². The van der Waals surface area contributed by atoms with Gasteiger partial charge in [0.1, 0.15) is 0 Å². The number of nitro groups is 1. The number of benzene rings is 2. The molecule has 0 N–H and O–H groups in total. The molecule has 0 unspecified atom stereocenters. The SMILES string of the molecule is O=c1on(S(=O)(=O)c2ccccc2[N+](=O)[O-])c(=O)n1-c1ccc(Cl)c(Cl)c1. The third-order valence-electron chi connectivity index (χ3n) is 3.41. The van der Waals surface area contributed by atoms with E-state index in [1.807, 2.05) is 0 Å². The summed E-state index contributed by atoms with van der Waals surface area (Å²) in [6, 6.07) is 8.01. The Balaban J connectivity index is 2.26. The summed E-state index contributed by atoms with van der Waals surface area (Å²) < 4.78 is 30.1. The molecule has 140 valence electrons. The quantitative estimate of drug-likeness (QED) is 0.455. The van der Waals surface area contributed by atoms with Gasteiger partial charge in [0, 0.05) is 6.07 Å². The summed E-state index contributed by atoms with van der Waals surface area (Å²) in [6.07, 6.45) is 0. The minimum atomic E-state index is -4.86. The van der Waals surface area contributed by atoms with E-state index in [0.717, 1.165) is 18.2 Å². The van der Waals surface area contributed by atoms with Crippen molar-refractivity contribution < 1.29 is 17.9 Å². The number of halogens is 2. The maximum absolute atomic E-state index is 12.7. The monoisotopic (exact) mass is 431 g/mol. The highest BCUT2D eigenvalue weighted by Crippen LogP contribution is 2.25. The van der Waals surface area contributed by atoms with Crippen LogP contribution in [0, 0.1) is 10.1 Å². The summed E-state index contributed by atoms with van der Waals surface area (Å²) in [5.74, 6) is -1.33. The van der Waals surface area contributed by atoms with Crippen molar-refractivity contribution in [1.29, 1.82) is 0 Å². The third kappa shape index (κ3) is 3.16. The summed E-state index contributed by atoms with van der Waals surface area (Å²) in [7, 11) is -4.86. The molecule has 0 fully saturated rings. The van der Waals surface area contributed by atoms with Gasteiger partial charge in [-0.1, -0.05) is 35.3 Å². The number of rotatable bonds is 4. The van der Waals surface area contributed by atoms with Crippen LogP contribution in [0.4, 0.5) is 5.69 Å². The van der Waals surface area contributed by atoms with Gasteiger partial charge in [0.15, 0.2) is 4.90 Å². The van der Waals surface area contributed by atoms with Crippen molar-refractivity contribution in [3.05, 3.63) is 83.7 Å². The lowest BCUT2D eigenvalue weighted by Gasteiger charge is -2.03. The summed E-state index contributed by atoms with van der Waals surface area (Å²) in [5, 5.41) is 11.2. The number of aromatic nitrogens is 2. The fraction of sp³-hybridized carbons (Fsp3) is 0. The van der Waals surface area contributed by atoms with Gasteiger partial charge in [-0.3, -0.25) is 10.1 Å². The molecule has 0 saturated carbocycles. The van der Waals surface area contributed by atoms with E-state index < -0.39 is 37.0 Å². The number of hydrogen-bond acceptors (Lipinski definition) is 7. The molecular formula is C14H7Cl2N3O7S. The molecule has 1 aromatic heterocycles. The van der Waals surface area contributed by atoms with Gasteiger partial charge in [0.2, 0.25) is 0 Å². The molecule has 0 spiro atoms. The van der Waals surface area contributed by atoms with Crippen molar-refractivity contribution in [2.24, 2.45) is 0 Å². The van der Waals surface area contributed by atoms with E-state index in [2.05, 4.69) is 4.52 Å². The topological polar surface area (TPSA) is 134 Å². The first-order valence-corrected chi connectivity index (χ1v) is 9.14. The Morgan fingerprint density at radius 1 is 1.04 bits per heavy atom. The van der Waals surface area contributed by atoms with Gasteiger partial charge in [0.05, 0.1) is 20.7 Å². The van der Waals surface area contributed by atoms with E-state index in [-0.39, 0.29) is 19.9 Å². The fourth-order valence-corrected chi connectivity index (χ4v) is 3.80. The molecule has 10 nitrogen and oxygen atoms in total. The molecule has 27 heavy (non-hydrogen) atoms. The molecule has 3 aromatic rings. The minimum absolute atomic E-state index is 0.00905. The third-order valence-corrected chi connectivity index (χ3v) is 5.72. The van der Waals surface area contributed by atoms with Crippen LogP contribution in [0.5, 0.6) is 0 Å². The van der Waals surface area contributed by atoms with Gasteiger partial charge in [-0.15, -0.1) is 0 Å². The lowest BCUT2D eigenvalue weighted by Crippen LogP contribution is -2.30. The second kappa shape index (κ2) is 6.68. The number of hydrogen-bond donors (Lipinski definition) is 0. The lowest BCUT2D eigenvalue weighted by molar-refractivity contribution is -0.387. The highest BCUT2D eigenvalue weighted by Gasteiger charge is 2.32. The van der Waals surface area contributed by atoms with E-state index in [9.17, 15) is 28.1 Å². The van der Waals surface area contributed by atoms with Crippen LogP contribution >= 0.6 is 23.2 Å². The largest absolute Gasteiger partial charge is 0.448 e. The molecule has 13 heteroatoms. The Hall–Kier alpha value is -2.89. The number of nitro benzene ring substituents is 1. The van der Waals surface area contributed by atoms with Gasteiger partial charge in [-0.25, -0.2) is 9.59 Å². The molecule has 0 bridgehead atoms. The Morgan fingerprint density at radius 3 is 2.33 bits per heavy atom.